The van der Waals surface area contributed by atoms with Crippen LogP contribution < -0.4 is 11.1 Å². The number of amides is 1. The van der Waals surface area contributed by atoms with Gasteiger partial charge in [-0.25, -0.2) is 0 Å². The molecule has 126 valence electrons. The summed E-state index contributed by atoms with van der Waals surface area (Å²) in [6.45, 7) is 2.92. The van der Waals surface area contributed by atoms with E-state index in [2.05, 4.69) is 12.2 Å². The highest BCUT2D eigenvalue weighted by Crippen LogP contribution is 2.27. The van der Waals surface area contributed by atoms with Crippen LogP contribution >= 0.6 is 12.4 Å². The SMILES string of the molecule is CC(CCC1CCCCC1)NC(=O)CCCCCCN.Cl. The van der Waals surface area contributed by atoms with E-state index in [9.17, 15) is 4.79 Å². The van der Waals surface area contributed by atoms with Gasteiger partial charge in [-0.1, -0.05) is 44.9 Å². The molecule has 0 radical (unpaired) electrons. The van der Waals surface area contributed by atoms with Crippen LogP contribution in [0.25, 0.3) is 0 Å². The number of hydrogen-bond acceptors (Lipinski definition) is 2. The number of rotatable bonds is 10. The molecular formula is C17H35ClN2O. The molecule has 0 aromatic rings. The molecule has 0 aromatic heterocycles. The van der Waals surface area contributed by atoms with Crippen LogP contribution in [0, 0.1) is 5.92 Å². The van der Waals surface area contributed by atoms with Crippen LogP contribution in [0.1, 0.15) is 84.0 Å². The first-order chi connectivity index (χ1) is 9.72. The number of unbranched alkanes of at least 4 members (excludes halogenated alkanes) is 3. The highest BCUT2D eigenvalue weighted by Gasteiger charge is 2.15. The van der Waals surface area contributed by atoms with E-state index in [0.29, 0.717) is 12.5 Å². The third kappa shape index (κ3) is 11.0. The minimum absolute atomic E-state index is 0. The first-order valence-electron chi connectivity index (χ1n) is 8.71. The van der Waals surface area contributed by atoms with Gasteiger partial charge in [-0.3, -0.25) is 4.79 Å². The number of carbonyl (C=O) groups excluding carboxylic acids is 1. The first-order valence-corrected chi connectivity index (χ1v) is 8.71. The zero-order chi connectivity index (χ0) is 14.6. The average molecular weight is 319 g/mol. The van der Waals surface area contributed by atoms with Crippen molar-refractivity contribution in [2.75, 3.05) is 6.54 Å². The lowest BCUT2D eigenvalue weighted by molar-refractivity contribution is -0.121. The van der Waals surface area contributed by atoms with Crippen molar-refractivity contribution >= 4 is 18.3 Å². The molecule has 1 aliphatic rings. The van der Waals surface area contributed by atoms with Gasteiger partial charge in [0.1, 0.15) is 0 Å². The quantitative estimate of drug-likeness (QED) is 0.594. The molecule has 0 aromatic carbocycles. The maximum Gasteiger partial charge on any atom is 0.220 e. The summed E-state index contributed by atoms with van der Waals surface area (Å²) in [4.78, 5) is 11.8. The minimum Gasteiger partial charge on any atom is -0.354 e. The van der Waals surface area contributed by atoms with Gasteiger partial charge in [0.05, 0.1) is 0 Å². The number of nitrogens with one attached hydrogen (secondary N) is 1. The Kier molecular flexibility index (Phi) is 13.2. The van der Waals surface area contributed by atoms with Gasteiger partial charge in [0.2, 0.25) is 5.91 Å². The molecule has 21 heavy (non-hydrogen) atoms. The molecule has 3 nitrogen and oxygen atoms in total. The Bertz CT molecular complexity index is 255. The van der Waals surface area contributed by atoms with Crippen LogP contribution in [0.5, 0.6) is 0 Å². The number of carbonyl (C=O) groups is 1. The Morgan fingerprint density at radius 2 is 1.81 bits per heavy atom. The molecule has 0 aliphatic heterocycles. The van der Waals surface area contributed by atoms with Crippen LogP contribution in [0.2, 0.25) is 0 Å². The molecule has 1 aliphatic carbocycles. The molecule has 4 heteroatoms. The summed E-state index contributed by atoms with van der Waals surface area (Å²) in [5.74, 6) is 1.15. The molecule has 1 amide bonds. The largest absolute Gasteiger partial charge is 0.354 e. The second kappa shape index (κ2) is 13.4. The Morgan fingerprint density at radius 3 is 2.48 bits per heavy atom. The van der Waals surface area contributed by atoms with E-state index in [1.54, 1.807) is 0 Å². The molecule has 1 fully saturated rings. The van der Waals surface area contributed by atoms with E-state index < -0.39 is 0 Å². The lowest BCUT2D eigenvalue weighted by Crippen LogP contribution is -2.32. The fraction of sp³-hybridized carbons (Fsp3) is 0.941. The summed E-state index contributed by atoms with van der Waals surface area (Å²) in [7, 11) is 0. The minimum atomic E-state index is 0. The van der Waals surface area contributed by atoms with Gasteiger partial charge >= 0.3 is 0 Å². The predicted molar refractivity (Wildman–Crippen MR) is 92.8 cm³/mol. The van der Waals surface area contributed by atoms with Crippen molar-refractivity contribution in [3.8, 4) is 0 Å². The molecule has 3 N–H and O–H groups in total. The van der Waals surface area contributed by atoms with Gasteiger partial charge in [0.25, 0.3) is 0 Å². The van der Waals surface area contributed by atoms with Crippen molar-refractivity contribution in [3.63, 3.8) is 0 Å². The van der Waals surface area contributed by atoms with Crippen LogP contribution in [0.15, 0.2) is 0 Å². The fourth-order valence-electron chi connectivity index (χ4n) is 3.16. The third-order valence-corrected chi connectivity index (χ3v) is 4.50. The fourth-order valence-corrected chi connectivity index (χ4v) is 3.16. The Balaban J connectivity index is 0.00000400. The van der Waals surface area contributed by atoms with E-state index in [0.717, 1.165) is 44.6 Å². The van der Waals surface area contributed by atoms with Crippen LogP contribution in [0.4, 0.5) is 0 Å². The zero-order valence-corrected chi connectivity index (χ0v) is 14.6. The summed E-state index contributed by atoms with van der Waals surface area (Å²) in [5.41, 5.74) is 5.45. The summed E-state index contributed by atoms with van der Waals surface area (Å²) in [5, 5.41) is 3.15. The van der Waals surface area contributed by atoms with Gasteiger partial charge in [-0.05, 0) is 45.1 Å². The number of halogens is 1. The highest BCUT2D eigenvalue weighted by molar-refractivity contribution is 5.85. The smallest absolute Gasteiger partial charge is 0.220 e. The van der Waals surface area contributed by atoms with Crippen LogP contribution in [-0.2, 0) is 4.79 Å². The van der Waals surface area contributed by atoms with Crippen LogP contribution in [-0.4, -0.2) is 18.5 Å². The van der Waals surface area contributed by atoms with Gasteiger partial charge in [-0.15, -0.1) is 12.4 Å². The molecule has 0 heterocycles. The first kappa shape index (κ1) is 20.7. The lowest BCUT2D eigenvalue weighted by atomic mass is 9.85. The van der Waals surface area contributed by atoms with E-state index >= 15 is 0 Å². The van der Waals surface area contributed by atoms with E-state index in [-0.39, 0.29) is 18.3 Å². The average Bonchev–Trinajstić information content (AvgIpc) is 2.46. The second-order valence-corrected chi connectivity index (χ2v) is 6.50. The maximum atomic E-state index is 11.8. The summed E-state index contributed by atoms with van der Waals surface area (Å²) in [6.07, 6.45) is 14.5. The van der Waals surface area contributed by atoms with Gasteiger partial charge < -0.3 is 11.1 Å². The van der Waals surface area contributed by atoms with Gasteiger partial charge in [0, 0.05) is 12.5 Å². The molecule has 1 saturated carbocycles. The molecule has 1 rings (SSSR count). The van der Waals surface area contributed by atoms with Gasteiger partial charge in [0.15, 0.2) is 0 Å². The highest BCUT2D eigenvalue weighted by atomic mass is 35.5. The van der Waals surface area contributed by atoms with Crippen molar-refractivity contribution in [2.45, 2.75) is 90.0 Å². The maximum absolute atomic E-state index is 11.8. The van der Waals surface area contributed by atoms with Gasteiger partial charge in [-0.2, -0.15) is 0 Å². The molecule has 0 spiro atoms. The van der Waals surface area contributed by atoms with E-state index in [4.69, 9.17) is 5.73 Å². The van der Waals surface area contributed by atoms with Crippen molar-refractivity contribution < 1.29 is 4.79 Å². The van der Waals surface area contributed by atoms with Crippen molar-refractivity contribution in [1.82, 2.24) is 5.32 Å². The zero-order valence-electron chi connectivity index (χ0n) is 13.7. The Labute approximate surface area is 137 Å². The number of nitrogens with two attached hydrogens (primary N) is 1. The van der Waals surface area contributed by atoms with Crippen molar-refractivity contribution in [1.29, 1.82) is 0 Å². The normalized spacial score (nSPS) is 17.0. The second-order valence-electron chi connectivity index (χ2n) is 6.50. The topological polar surface area (TPSA) is 55.1 Å². The summed E-state index contributed by atoms with van der Waals surface area (Å²) >= 11 is 0. The standard InChI is InChI=1S/C17H34N2O.ClH/c1-15(12-13-16-9-5-4-6-10-16)19-17(20)11-7-2-3-8-14-18;/h15-16H,2-14,18H2,1H3,(H,19,20);1H. The third-order valence-electron chi connectivity index (χ3n) is 4.50. The molecule has 1 atom stereocenters. The molecule has 1 unspecified atom stereocenters. The molecular weight excluding hydrogens is 284 g/mol. The Morgan fingerprint density at radius 1 is 1.14 bits per heavy atom. The van der Waals surface area contributed by atoms with Crippen molar-refractivity contribution in [3.05, 3.63) is 0 Å². The van der Waals surface area contributed by atoms with Crippen molar-refractivity contribution in [2.24, 2.45) is 11.7 Å². The predicted octanol–water partition coefficient (Wildman–Crippen LogP) is 4.18. The summed E-state index contributed by atoms with van der Waals surface area (Å²) in [6, 6.07) is 0.341. The van der Waals surface area contributed by atoms with E-state index in [1.807, 2.05) is 0 Å². The Hall–Kier alpha value is -0.280. The number of hydrogen-bond donors (Lipinski definition) is 2. The molecule has 0 bridgehead atoms. The van der Waals surface area contributed by atoms with E-state index in [1.165, 1.54) is 38.5 Å². The lowest BCUT2D eigenvalue weighted by Gasteiger charge is -2.23. The van der Waals surface area contributed by atoms with Crippen LogP contribution in [0.3, 0.4) is 0 Å². The summed E-state index contributed by atoms with van der Waals surface area (Å²) < 4.78 is 0. The monoisotopic (exact) mass is 318 g/mol. The molecule has 0 saturated heterocycles.